The molecule has 4 saturated carbocycles. The third kappa shape index (κ3) is 1.81. The Morgan fingerprint density at radius 3 is 2.33 bits per heavy atom. The SMILES string of the molecule is Cc1ccc(C2C3CC4CC(C3)CC2(C(=O)O)C4)cc1C. The molecule has 0 heterocycles. The molecule has 112 valence electrons. The van der Waals surface area contributed by atoms with Crippen molar-refractivity contribution in [3.63, 3.8) is 0 Å². The van der Waals surface area contributed by atoms with E-state index in [1.165, 1.54) is 36.0 Å². The molecule has 5 rings (SSSR count). The first-order valence-electron chi connectivity index (χ1n) is 8.30. The van der Waals surface area contributed by atoms with Crippen molar-refractivity contribution in [2.45, 2.75) is 51.9 Å². The summed E-state index contributed by atoms with van der Waals surface area (Å²) in [5, 5.41) is 10.0. The van der Waals surface area contributed by atoms with E-state index in [1.807, 2.05) is 0 Å². The van der Waals surface area contributed by atoms with E-state index in [2.05, 4.69) is 32.0 Å². The summed E-state index contributed by atoms with van der Waals surface area (Å²) in [7, 11) is 0. The molecular formula is C19H24O2. The van der Waals surface area contributed by atoms with Gasteiger partial charge in [-0.25, -0.2) is 0 Å². The van der Waals surface area contributed by atoms with E-state index in [0.29, 0.717) is 17.8 Å². The minimum Gasteiger partial charge on any atom is -0.481 e. The van der Waals surface area contributed by atoms with Crippen LogP contribution in [0.15, 0.2) is 18.2 Å². The van der Waals surface area contributed by atoms with Crippen LogP contribution in [0.2, 0.25) is 0 Å². The summed E-state index contributed by atoms with van der Waals surface area (Å²) in [6.45, 7) is 4.27. The molecule has 3 unspecified atom stereocenters. The fourth-order valence-corrected chi connectivity index (χ4v) is 5.90. The van der Waals surface area contributed by atoms with Crippen molar-refractivity contribution in [1.29, 1.82) is 0 Å². The predicted molar refractivity (Wildman–Crippen MR) is 82.3 cm³/mol. The molecule has 4 bridgehead atoms. The van der Waals surface area contributed by atoms with Gasteiger partial charge in [0.15, 0.2) is 0 Å². The van der Waals surface area contributed by atoms with Crippen molar-refractivity contribution in [3.05, 3.63) is 34.9 Å². The van der Waals surface area contributed by atoms with Crippen molar-refractivity contribution in [2.24, 2.45) is 23.2 Å². The number of carboxylic acids is 1. The first kappa shape index (κ1) is 13.4. The van der Waals surface area contributed by atoms with E-state index in [9.17, 15) is 9.90 Å². The highest BCUT2D eigenvalue weighted by Gasteiger charge is 2.61. The zero-order valence-corrected chi connectivity index (χ0v) is 12.9. The number of hydrogen-bond acceptors (Lipinski definition) is 1. The van der Waals surface area contributed by atoms with E-state index in [0.717, 1.165) is 12.8 Å². The Morgan fingerprint density at radius 2 is 1.76 bits per heavy atom. The molecule has 0 aromatic heterocycles. The quantitative estimate of drug-likeness (QED) is 0.879. The van der Waals surface area contributed by atoms with Gasteiger partial charge in [0.25, 0.3) is 0 Å². The minimum absolute atomic E-state index is 0.238. The monoisotopic (exact) mass is 284 g/mol. The molecule has 0 radical (unpaired) electrons. The standard InChI is InChI=1S/C19H24O2/c1-11-3-4-15(5-12(11)2)17-16-7-13-6-14(8-16)10-19(17,9-13)18(20)21/h3-5,13-14,16-17H,6-10H2,1-2H3,(H,20,21). The first-order chi connectivity index (χ1) is 9.99. The molecule has 4 aliphatic carbocycles. The Balaban J connectivity index is 1.82. The second kappa shape index (κ2) is 4.34. The maximum absolute atomic E-state index is 12.2. The zero-order chi connectivity index (χ0) is 14.8. The topological polar surface area (TPSA) is 37.3 Å². The highest BCUT2D eigenvalue weighted by atomic mass is 16.4. The molecule has 0 aliphatic heterocycles. The van der Waals surface area contributed by atoms with Crippen molar-refractivity contribution in [2.75, 3.05) is 0 Å². The maximum Gasteiger partial charge on any atom is 0.310 e. The Morgan fingerprint density at radius 1 is 1.10 bits per heavy atom. The van der Waals surface area contributed by atoms with Gasteiger partial charge in [0.05, 0.1) is 5.41 Å². The van der Waals surface area contributed by atoms with Gasteiger partial charge >= 0.3 is 5.97 Å². The number of benzene rings is 1. The third-order valence-electron chi connectivity index (χ3n) is 6.63. The molecule has 0 saturated heterocycles. The fraction of sp³-hybridized carbons (Fsp3) is 0.632. The molecule has 3 atom stereocenters. The highest BCUT2D eigenvalue weighted by Crippen LogP contribution is 2.66. The van der Waals surface area contributed by atoms with Crippen LogP contribution in [-0.2, 0) is 4.79 Å². The van der Waals surface area contributed by atoms with E-state index in [-0.39, 0.29) is 5.92 Å². The molecule has 4 aliphatic rings. The van der Waals surface area contributed by atoms with Gasteiger partial charge in [-0.2, -0.15) is 0 Å². The van der Waals surface area contributed by atoms with Crippen LogP contribution in [0.4, 0.5) is 0 Å². The summed E-state index contributed by atoms with van der Waals surface area (Å²) >= 11 is 0. The fourth-order valence-electron chi connectivity index (χ4n) is 5.90. The summed E-state index contributed by atoms with van der Waals surface area (Å²) in [6, 6.07) is 6.62. The predicted octanol–water partition coefficient (Wildman–Crippen LogP) is 4.30. The second-order valence-corrected chi connectivity index (χ2v) is 7.89. The Kier molecular flexibility index (Phi) is 2.76. The molecular weight excluding hydrogens is 260 g/mol. The number of carboxylic acid groups (broad SMARTS) is 1. The van der Waals surface area contributed by atoms with Crippen molar-refractivity contribution in [3.8, 4) is 0 Å². The summed E-state index contributed by atoms with van der Waals surface area (Å²) in [5.74, 6) is 1.63. The third-order valence-corrected chi connectivity index (χ3v) is 6.63. The normalized spacial score (nSPS) is 40.5. The molecule has 1 N–H and O–H groups in total. The largest absolute Gasteiger partial charge is 0.481 e. The van der Waals surface area contributed by atoms with Crippen LogP contribution in [0.25, 0.3) is 0 Å². The molecule has 2 heteroatoms. The lowest BCUT2D eigenvalue weighted by molar-refractivity contribution is -0.169. The average molecular weight is 284 g/mol. The van der Waals surface area contributed by atoms with E-state index < -0.39 is 11.4 Å². The van der Waals surface area contributed by atoms with Gasteiger partial charge in [-0.05, 0) is 80.4 Å². The number of aliphatic carboxylic acids is 1. The van der Waals surface area contributed by atoms with Gasteiger partial charge in [0, 0.05) is 5.92 Å². The lowest BCUT2D eigenvalue weighted by Crippen LogP contribution is -2.55. The van der Waals surface area contributed by atoms with Gasteiger partial charge in [0.1, 0.15) is 0 Å². The van der Waals surface area contributed by atoms with Crippen LogP contribution < -0.4 is 0 Å². The van der Waals surface area contributed by atoms with Gasteiger partial charge in [-0.3, -0.25) is 4.79 Å². The second-order valence-electron chi connectivity index (χ2n) is 7.89. The maximum atomic E-state index is 12.2. The Bertz CT molecular complexity index is 590. The number of hydrogen-bond donors (Lipinski definition) is 1. The van der Waals surface area contributed by atoms with Crippen molar-refractivity contribution < 1.29 is 9.90 Å². The highest BCUT2D eigenvalue weighted by molar-refractivity contribution is 5.77. The number of aryl methyl sites for hydroxylation is 2. The Hall–Kier alpha value is -1.31. The van der Waals surface area contributed by atoms with Crippen LogP contribution in [0.1, 0.15) is 54.7 Å². The van der Waals surface area contributed by atoms with Gasteiger partial charge in [-0.1, -0.05) is 18.2 Å². The summed E-state index contributed by atoms with van der Waals surface area (Å²) in [6.07, 6.45) is 5.61. The van der Waals surface area contributed by atoms with E-state index >= 15 is 0 Å². The van der Waals surface area contributed by atoms with Crippen LogP contribution in [0.3, 0.4) is 0 Å². The summed E-state index contributed by atoms with van der Waals surface area (Å²) in [4.78, 5) is 12.2. The number of carbonyl (C=O) groups is 1. The lowest BCUT2D eigenvalue weighted by Gasteiger charge is -2.59. The van der Waals surface area contributed by atoms with Gasteiger partial charge in [0.2, 0.25) is 0 Å². The molecule has 0 amide bonds. The molecule has 1 aromatic carbocycles. The van der Waals surface area contributed by atoms with Crippen molar-refractivity contribution in [1.82, 2.24) is 0 Å². The van der Waals surface area contributed by atoms with Crippen LogP contribution in [-0.4, -0.2) is 11.1 Å². The van der Waals surface area contributed by atoms with E-state index in [1.54, 1.807) is 0 Å². The molecule has 4 fully saturated rings. The smallest absolute Gasteiger partial charge is 0.310 e. The van der Waals surface area contributed by atoms with Gasteiger partial charge in [-0.15, -0.1) is 0 Å². The summed E-state index contributed by atoms with van der Waals surface area (Å²) in [5.41, 5.74) is 3.40. The lowest BCUT2D eigenvalue weighted by atomic mass is 9.44. The summed E-state index contributed by atoms with van der Waals surface area (Å²) < 4.78 is 0. The first-order valence-corrected chi connectivity index (χ1v) is 8.30. The van der Waals surface area contributed by atoms with Crippen LogP contribution in [0, 0.1) is 37.0 Å². The van der Waals surface area contributed by atoms with E-state index in [4.69, 9.17) is 0 Å². The number of rotatable bonds is 2. The molecule has 2 nitrogen and oxygen atoms in total. The minimum atomic E-state index is -0.537. The van der Waals surface area contributed by atoms with Gasteiger partial charge < -0.3 is 5.11 Å². The molecule has 0 spiro atoms. The molecule has 1 aromatic rings. The van der Waals surface area contributed by atoms with Crippen LogP contribution >= 0.6 is 0 Å². The Labute approximate surface area is 126 Å². The van der Waals surface area contributed by atoms with Crippen molar-refractivity contribution >= 4 is 5.97 Å². The zero-order valence-electron chi connectivity index (χ0n) is 12.9. The van der Waals surface area contributed by atoms with Crippen LogP contribution in [0.5, 0.6) is 0 Å². The molecule has 21 heavy (non-hydrogen) atoms. The average Bonchev–Trinajstić information content (AvgIpc) is 2.41.